The molecule has 0 aliphatic carbocycles. The number of carbonyl (C=O) groups is 1. The van der Waals surface area contributed by atoms with Gasteiger partial charge in [0.25, 0.3) is 5.91 Å². The Balaban J connectivity index is 1.48. The van der Waals surface area contributed by atoms with Gasteiger partial charge in [-0.25, -0.2) is 13.4 Å². The zero-order valence-electron chi connectivity index (χ0n) is 17.5. The van der Waals surface area contributed by atoms with Crippen LogP contribution in [0.3, 0.4) is 0 Å². The van der Waals surface area contributed by atoms with E-state index in [1.807, 2.05) is 0 Å². The van der Waals surface area contributed by atoms with E-state index in [-0.39, 0.29) is 28.0 Å². The fourth-order valence-electron chi connectivity index (χ4n) is 3.25. The maximum atomic E-state index is 13.1. The van der Waals surface area contributed by atoms with Gasteiger partial charge in [0.05, 0.1) is 24.7 Å². The van der Waals surface area contributed by atoms with Gasteiger partial charge in [0.1, 0.15) is 22.0 Å². The van der Waals surface area contributed by atoms with Crippen LogP contribution in [0.15, 0.2) is 83.0 Å². The first-order chi connectivity index (χ1) is 15.4. The summed E-state index contributed by atoms with van der Waals surface area (Å²) in [5.74, 6) is 0.467. The van der Waals surface area contributed by atoms with E-state index >= 15 is 0 Å². The first-order valence-electron chi connectivity index (χ1n) is 9.69. The number of carbonyl (C=O) groups excluding carboxylic acids is 1. The molecule has 0 radical (unpaired) electrons. The number of nitrogens with zero attached hydrogens (tertiary/aromatic N) is 2. The Bertz CT molecular complexity index is 1380. The van der Waals surface area contributed by atoms with Crippen LogP contribution in [0, 0.1) is 0 Å². The molecule has 8 nitrogen and oxygen atoms in total. The zero-order chi connectivity index (χ0) is 22.7. The Morgan fingerprint density at radius 2 is 1.81 bits per heavy atom. The number of benzene rings is 2. The highest BCUT2D eigenvalue weighted by Crippen LogP contribution is 2.32. The average molecular weight is 452 g/mol. The summed E-state index contributed by atoms with van der Waals surface area (Å²) in [4.78, 5) is 16.8. The second kappa shape index (κ2) is 8.72. The lowest BCUT2D eigenvalue weighted by Crippen LogP contribution is -2.23. The smallest absolute Gasteiger partial charge is 0.253 e. The fourth-order valence-corrected chi connectivity index (χ4v) is 4.65. The van der Waals surface area contributed by atoms with E-state index in [4.69, 9.17) is 9.47 Å². The van der Waals surface area contributed by atoms with Crippen LogP contribution in [-0.2, 0) is 16.4 Å². The molecule has 1 N–H and O–H groups in total. The van der Waals surface area contributed by atoms with Crippen LogP contribution in [0.25, 0.3) is 5.65 Å². The number of sulfone groups is 1. The van der Waals surface area contributed by atoms with Crippen molar-refractivity contribution in [1.82, 2.24) is 14.7 Å². The van der Waals surface area contributed by atoms with Crippen molar-refractivity contribution >= 4 is 21.4 Å². The van der Waals surface area contributed by atoms with E-state index in [0.717, 1.165) is 11.2 Å². The number of aromatic nitrogens is 2. The molecule has 2 aromatic heterocycles. The highest BCUT2D eigenvalue weighted by molar-refractivity contribution is 7.91. The molecule has 4 aromatic rings. The Morgan fingerprint density at radius 1 is 1.03 bits per heavy atom. The lowest BCUT2D eigenvalue weighted by molar-refractivity contribution is 0.0950. The minimum absolute atomic E-state index is 0.0525. The van der Waals surface area contributed by atoms with Gasteiger partial charge in [-0.15, -0.1) is 0 Å². The molecule has 0 aliphatic heterocycles. The molecule has 2 heterocycles. The van der Waals surface area contributed by atoms with Crippen molar-refractivity contribution in [2.75, 3.05) is 14.2 Å². The van der Waals surface area contributed by atoms with Gasteiger partial charge in [-0.3, -0.25) is 4.79 Å². The van der Waals surface area contributed by atoms with Gasteiger partial charge in [0, 0.05) is 31.2 Å². The standard InChI is InChI=1S/C23H21N3O5S/c1-30-18-6-9-21(20(13-18)31-2)32(28,29)19-7-3-16(4-8-19)14-25-23(27)17-5-10-22-24-11-12-26(22)15-17/h3-13,15H,14H2,1-2H3,(H,25,27). The Kier molecular flexibility index (Phi) is 5.83. The van der Waals surface area contributed by atoms with Crippen LogP contribution in [0.2, 0.25) is 0 Å². The van der Waals surface area contributed by atoms with E-state index in [2.05, 4.69) is 10.3 Å². The number of nitrogens with one attached hydrogen (secondary N) is 1. The third-order valence-corrected chi connectivity index (χ3v) is 6.81. The number of amides is 1. The molecular formula is C23H21N3O5S. The first-order valence-corrected chi connectivity index (χ1v) is 11.2. The average Bonchev–Trinajstić information content (AvgIpc) is 3.30. The second-order valence-corrected chi connectivity index (χ2v) is 8.88. The van der Waals surface area contributed by atoms with Crippen molar-refractivity contribution in [3.05, 3.63) is 84.3 Å². The number of pyridine rings is 1. The molecule has 0 atom stereocenters. The number of ether oxygens (including phenoxy) is 2. The van der Waals surface area contributed by atoms with Gasteiger partial charge in [0.2, 0.25) is 9.84 Å². The highest BCUT2D eigenvalue weighted by Gasteiger charge is 2.22. The Labute approximate surface area is 185 Å². The van der Waals surface area contributed by atoms with Crippen molar-refractivity contribution in [1.29, 1.82) is 0 Å². The molecule has 164 valence electrons. The van der Waals surface area contributed by atoms with Gasteiger partial charge in [-0.1, -0.05) is 12.1 Å². The molecular weight excluding hydrogens is 430 g/mol. The monoisotopic (exact) mass is 451 g/mol. The summed E-state index contributed by atoms with van der Waals surface area (Å²) in [6.07, 6.45) is 5.13. The molecule has 0 bridgehead atoms. The summed E-state index contributed by atoms with van der Waals surface area (Å²) in [5, 5.41) is 2.84. The number of hydrogen-bond donors (Lipinski definition) is 1. The molecule has 0 fully saturated rings. The van der Waals surface area contributed by atoms with Crippen LogP contribution >= 0.6 is 0 Å². The van der Waals surface area contributed by atoms with Gasteiger partial charge in [-0.2, -0.15) is 0 Å². The maximum Gasteiger partial charge on any atom is 0.253 e. The normalized spacial score (nSPS) is 11.3. The number of fused-ring (bicyclic) bond motifs is 1. The van der Waals surface area contributed by atoms with Gasteiger partial charge in [-0.05, 0) is 42.0 Å². The van der Waals surface area contributed by atoms with Crippen LogP contribution in [0.1, 0.15) is 15.9 Å². The third kappa shape index (κ3) is 4.15. The summed E-state index contributed by atoms with van der Waals surface area (Å²) in [5.41, 5.74) is 2.02. The summed E-state index contributed by atoms with van der Waals surface area (Å²) in [6, 6.07) is 14.4. The third-order valence-electron chi connectivity index (χ3n) is 5.00. The van der Waals surface area contributed by atoms with Gasteiger partial charge in [0.15, 0.2) is 0 Å². The number of imidazole rings is 1. The molecule has 32 heavy (non-hydrogen) atoms. The van der Waals surface area contributed by atoms with E-state index in [1.165, 1.54) is 38.5 Å². The quantitative estimate of drug-likeness (QED) is 0.464. The summed E-state index contributed by atoms with van der Waals surface area (Å²) < 4.78 is 38.3. The molecule has 0 saturated heterocycles. The van der Waals surface area contributed by atoms with Gasteiger partial charge < -0.3 is 19.2 Å². The summed E-state index contributed by atoms with van der Waals surface area (Å²) in [7, 11) is -0.886. The summed E-state index contributed by atoms with van der Waals surface area (Å²) in [6.45, 7) is 0.257. The minimum atomic E-state index is -3.79. The van der Waals surface area contributed by atoms with E-state index < -0.39 is 9.84 Å². The van der Waals surface area contributed by atoms with E-state index in [0.29, 0.717) is 11.3 Å². The second-order valence-electron chi connectivity index (χ2n) is 6.96. The summed E-state index contributed by atoms with van der Waals surface area (Å²) >= 11 is 0. The molecule has 9 heteroatoms. The number of rotatable bonds is 7. The van der Waals surface area contributed by atoms with Crippen LogP contribution in [0.5, 0.6) is 11.5 Å². The van der Waals surface area contributed by atoms with Crippen molar-refractivity contribution < 1.29 is 22.7 Å². The lowest BCUT2D eigenvalue weighted by atomic mass is 10.2. The first kappa shape index (κ1) is 21.4. The largest absolute Gasteiger partial charge is 0.497 e. The predicted octanol–water partition coefficient (Wildman–Crippen LogP) is 3.11. The Hall–Kier alpha value is -3.85. The molecule has 0 unspecified atom stereocenters. The number of methoxy groups -OCH3 is 2. The van der Waals surface area contributed by atoms with Crippen LogP contribution in [0.4, 0.5) is 0 Å². The molecule has 0 aliphatic rings. The highest BCUT2D eigenvalue weighted by atomic mass is 32.2. The van der Waals surface area contributed by atoms with Gasteiger partial charge >= 0.3 is 0 Å². The van der Waals surface area contributed by atoms with Crippen LogP contribution in [-0.4, -0.2) is 37.9 Å². The van der Waals surface area contributed by atoms with E-state index in [9.17, 15) is 13.2 Å². The number of hydrogen-bond acceptors (Lipinski definition) is 6. The van der Waals surface area contributed by atoms with Crippen molar-refractivity contribution in [3.8, 4) is 11.5 Å². The topological polar surface area (TPSA) is 99.0 Å². The lowest BCUT2D eigenvalue weighted by Gasteiger charge is -2.12. The molecule has 1 amide bonds. The SMILES string of the molecule is COc1ccc(S(=O)(=O)c2ccc(CNC(=O)c3ccc4nccn4c3)cc2)c(OC)c1. The molecule has 4 rings (SSSR count). The molecule has 0 saturated carbocycles. The van der Waals surface area contributed by atoms with Crippen molar-refractivity contribution in [2.24, 2.45) is 0 Å². The van der Waals surface area contributed by atoms with E-state index in [1.54, 1.807) is 53.3 Å². The zero-order valence-corrected chi connectivity index (χ0v) is 18.3. The predicted molar refractivity (Wildman–Crippen MR) is 118 cm³/mol. The van der Waals surface area contributed by atoms with Crippen molar-refractivity contribution in [3.63, 3.8) is 0 Å². The van der Waals surface area contributed by atoms with Crippen LogP contribution < -0.4 is 14.8 Å². The fraction of sp³-hybridized carbons (Fsp3) is 0.130. The molecule has 2 aromatic carbocycles. The maximum absolute atomic E-state index is 13.1. The molecule has 0 spiro atoms. The Morgan fingerprint density at radius 3 is 2.53 bits per heavy atom. The minimum Gasteiger partial charge on any atom is -0.497 e. The van der Waals surface area contributed by atoms with Crippen molar-refractivity contribution in [2.45, 2.75) is 16.3 Å².